The molecule has 0 aromatic heterocycles. The lowest BCUT2D eigenvalue weighted by molar-refractivity contribution is 0.466. The van der Waals surface area contributed by atoms with Crippen LogP contribution in [0, 0.1) is 5.21 Å². The SMILES string of the molecule is CCCCCCCCCC[N+]([O-])(c1ccccc1)c1ccccc1. The summed E-state index contributed by atoms with van der Waals surface area (Å²) in [4.78, 5) is 0. The van der Waals surface area contributed by atoms with Crippen LogP contribution < -0.4 is 4.65 Å². The van der Waals surface area contributed by atoms with Gasteiger partial charge in [-0.3, -0.25) is 4.65 Å². The molecule has 0 radical (unpaired) electrons. The van der Waals surface area contributed by atoms with Crippen molar-refractivity contribution in [3.63, 3.8) is 0 Å². The molecule has 0 unspecified atom stereocenters. The van der Waals surface area contributed by atoms with E-state index in [1.165, 1.54) is 38.5 Å². The Morgan fingerprint density at radius 1 is 0.625 bits per heavy atom. The third-order valence-electron chi connectivity index (χ3n) is 4.67. The number of benzene rings is 2. The number of hydroxylamine groups is 1. The van der Waals surface area contributed by atoms with E-state index in [9.17, 15) is 5.21 Å². The van der Waals surface area contributed by atoms with Crippen molar-refractivity contribution in [2.75, 3.05) is 6.54 Å². The van der Waals surface area contributed by atoms with Crippen molar-refractivity contribution < 1.29 is 0 Å². The van der Waals surface area contributed by atoms with E-state index in [4.69, 9.17) is 0 Å². The zero-order chi connectivity index (χ0) is 17.1. The van der Waals surface area contributed by atoms with Gasteiger partial charge in [0.05, 0.1) is 6.54 Å². The summed E-state index contributed by atoms with van der Waals surface area (Å²) in [5.41, 5.74) is 1.65. The molecule has 24 heavy (non-hydrogen) atoms. The van der Waals surface area contributed by atoms with Gasteiger partial charge in [0, 0.05) is 0 Å². The van der Waals surface area contributed by atoms with Gasteiger partial charge in [-0.25, -0.2) is 0 Å². The van der Waals surface area contributed by atoms with Crippen molar-refractivity contribution in [2.24, 2.45) is 0 Å². The molecule has 2 aromatic carbocycles. The molecule has 2 rings (SSSR count). The highest BCUT2D eigenvalue weighted by atomic mass is 16.5. The van der Waals surface area contributed by atoms with E-state index in [1.54, 1.807) is 0 Å². The molecule has 0 atom stereocenters. The summed E-state index contributed by atoms with van der Waals surface area (Å²) >= 11 is 0. The fourth-order valence-electron chi connectivity index (χ4n) is 3.21. The molecule has 0 saturated heterocycles. The summed E-state index contributed by atoms with van der Waals surface area (Å²) < 4.78 is -0.350. The fourth-order valence-corrected chi connectivity index (χ4v) is 3.21. The Hall–Kier alpha value is -1.64. The summed E-state index contributed by atoms with van der Waals surface area (Å²) in [6.45, 7) is 2.86. The van der Waals surface area contributed by atoms with Crippen LogP contribution in [0.3, 0.4) is 0 Å². The van der Waals surface area contributed by atoms with Gasteiger partial charge in [-0.2, -0.15) is 0 Å². The number of hydrogen-bond donors (Lipinski definition) is 0. The van der Waals surface area contributed by atoms with Crippen molar-refractivity contribution in [3.05, 3.63) is 65.9 Å². The number of nitrogens with zero attached hydrogens (tertiary/aromatic N) is 1. The van der Waals surface area contributed by atoms with Crippen LogP contribution in [0.25, 0.3) is 0 Å². The lowest BCUT2D eigenvalue weighted by atomic mass is 10.1. The Kier molecular flexibility index (Phi) is 8.00. The molecule has 0 aliphatic rings. The van der Waals surface area contributed by atoms with Gasteiger partial charge < -0.3 is 5.21 Å². The number of unbranched alkanes of at least 4 members (excludes halogenated alkanes) is 7. The van der Waals surface area contributed by atoms with Crippen LogP contribution in [0.2, 0.25) is 0 Å². The first-order valence-electron chi connectivity index (χ1n) is 9.47. The lowest BCUT2D eigenvalue weighted by Gasteiger charge is -2.41. The summed E-state index contributed by atoms with van der Waals surface area (Å²) in [6, 6.07) is 19.6. The molecule has 0 saturated carbocycles. The molecule has 2 nitrogen and oxygen atoms in total. The molecule has 2 aromatic rings. The predicted octanol–water partition coefficient (Wildman–Crippen LogP) is 6.96. The van der Waals surface area contributed by atoms with Crippen molar-refractivity contribution in [2.45, 2.75) is 58.3 Å². The minimum atomic E-state index is -0.350. The van der Waals surface area contributed by atoms with E-state index >= 15 is 0 Å². The van der Waals surface area contributed by atoms with Crippen LogP contribution >= 0.6 is 0 Å². The molecule has 0 spiro atoms. The van der Waals surface area contributed by atoms with E-state index in [-0.39, 0.29) is 4.65 Å². The summed E-state index contributed by atoms with van der Waals surface area (Å²) in [7, 11) is 0. The van der Waals surface area contributed by atoms with Crippen LogP contribution in [0.15, 0.2) is 60.7 Å². The van der Waals surface area contributed by atoms with Gasteiger partial charge in [0.1, 0.15) is 11.4 Å². The number of para-hydroxylation sites is 2. The first kappa shape index (κ1) is 18.7. The largest absolute Gasteiger partial charge is 0.622 e. The molecule has 2 heteroatoms. The van der Waals surface area contributed by atoms with Crippen LogP contribution in [-0.4, -0.2) is 6.54 Å². The highest BCUT2D eigenvalue weighted by Crippen LogP contribution is 2.33. The highest BCUT2D eigenvalue weighted by Gasteiger charge is 2.22. The normalized spacial score (nSPS) is 11.6. The quantitative estimate of drug-likeness (QED) is 0.249. The smallest absolute Gasteiger partial charge is 0.137 e. The van der Waals surface area contributed by atoms with Gasteiger partial charge in [0.15, 0.2) is 0 Å². The summed E-state index contributed by atoms with van der Waals surface area (Å²) in [6.07, 6.45) is 10.00. The Bertz CT molecular complexity index is 513. The minimum Gasteiger partial charge on any atom is -0.622 e. The average Bonchev–Trinajstić information content (AvgIpc) is 2.65. The number of rotatable bonds is 11. The maximum absolute atomic E-state index is 13.6. The third-order valence-corrected chi connectivity index (χ3v) is 4.67. The van der Waals surface area contributed by atoms with Crippen molar-refractivity contribution in [1.82, 2.24) is 4.65 Å². The van der Waals surface area contributed by atoms with Gasteiger partial charge in [0.25, 0.3) is 0 Å². The molecule has 130 valence electrons. The Morgan fingerprint density at radius 2 is 1.04 bits per heavy atom. The number of hydrogen-bond acceptors (Lipinski definition) is 1. The van der Waals surface area contributed by atoms with Crippen molar-refractivity contribution in [3.8, 4) is 0 Å². The van der Waals surface area contributed by atoms with Gasteiger partial charge in [-0.15, -0.1) is 0 Å². The molecular formula is C22H31NO. The Morgan fingerprint density at radius 3 is 1.50 bits per heavy atom. The fraction of sp³-hybridized carbons (Fsp3) is 0.455. The minimum absolute atomic E-state index is 0.350. The first-order chi connectivity index (χ1) is 11.8. The molecule has 0 fully saturated rings. The van der Waals surface area contributed by atoms with Crippen LogP contribution in [0.5, 0.6) is 0 Å². The molecule has 0 aliphatic carbocycles. The maximum atomic E-state index is 13.6. The van der Waals surface area contributed by atoms with Crippen LogP contribution in [-0.2, 0) is 0 Å². The van der Waals surface area contributed by atoms with Crippen LogP contribution in [0.1, 0.15) is 58.3 Å². The van der Waals surface area contributed by atoms with E-state index < -0.39 is 0 Å². The van der Waals surface area contributed by atoms with Crippen molar-refractivity contribution in [1.29, 1.82) is 0 Å². The van der Waals surface area contributed by atoms with Gasteiger partial charge in [-0.05, 0) is 37.1 Å². The van der Waals surface area contributed by atoms with E-state index in [0.29, 0.717) is 6.54 Å². The predicted molar refractivity (Wildman–Crippen MR) is 105 cm³/mol. The van der Waals surface area contributed by atoms with E-state index in [2.05, 4.69) is 6.92 Å². The summed E-state index contributed by atoms with van der Waals surface area (Å²) in [5.74, 6) is 0. The second-order valence-corrected chi connectivity index (χ2v) is 6.61. The molecule has 0 bridgehead atoms. The monoisotopic (exact) mass is 325 g/mol. The molecule has 0 amide bonds. The van der Waals surface area contributed by atoms with Crippen molar-refractivity contribution >= 4 is 11.4 Å². The standard InChI is InChI=1S/C22H31NO/c1-2-3-4-5-6-7-8-15-20-23(24,21-16-11-9-12-17-21)22-18-13-10-14-19-22/h9-14,16-19H,2-8,15,20H2,1H3. The Labute approximate surface area is 147 Å². The summed E-state index contributed by atoms with van der Waals surface area (Å²) in [5, 5.41) is 13.6. The average molecular weight is 325 g/mol. The third kappa shape index (κ3) is 5.47. The maximum Gasteiger partial charge on any atom is 0.137 e. The second kappa shape index (κ2) is 10.3. The topological polar surface area (TPSA) is 23.1 Å². The Balaban J connectivity index is 1.91. The van der Waals surface area contributed by atoms with E-state index in [1.807, 2.05) is 60.7 Å². The highest BCUT2D eigenvalue weighted by molar-refractivity contribution is 5.58. The van der Waals surface area contributed by atoms with Gasteiger partial charge in [0.2, 0.25) is 0 Å². The second-order valence-electron chi connectivity index (χ2n) is 6.61. The molecular weight excluding hydrogens is 294 g/mol. The van der Waals surface area contributed by atoms with Crippen LogP contribution in [0.4, 0.5) is 11.4 Å². The van der Waals surface area contributed by atoms with Gasteiger partial charge in [-0.1, -0.05) is 81.8 Å². The number of quaternary nitrogens is 1. The van der Waals surface area contributed by atoms with Gasteiger partial charge >= 0.3 is 0 Å². The lowest BCUT2D eigenvalue weighted by Crippen LogP contribution is -2.38. The molecule has 0 heterocycles. The first-order valence-corrected chi connectivity index (χ1v) is 9.47. The zero-order valence-electron chi connectivity index (χ0n) is 15.0. The van der Waals surface area contributed by atoms with E-state index in [0.717, 1.165) is 24.2 Å². The molecule has 0 aliphatic heterocycles. The molecule has 0 N–H and O–H groups in total. The zero-order valence-corrected chi connectivity index (χ0v) is 15.0.